The molecule has 2 N–H and O–H groups in total. The van der Waals surface area contributed by atoms with Gasteiger partial charge in [-0.05, 0) is 59.1 Å². The van der Waals surface area contributed by atoms with E-state index in [1.807, 2.05) is 22.9 Å². The minimum Gasteiger partial charge on any atom is -0.325 e. The second-order valence-corrected chi connectivity index (χ2v) is 8.32. The van der Waals surface area contributed by atoms with Crippen LogP contribution in [0.4, 0.5) is 10.1 Å². The average molecular weight is 404 g/mol. The lowest BCUT2D eigenvalue weighted by Gasteiger charge is -2.15. The Morgan fingerprint density at radius 1 is 1.07 bits per heavy atom. The summed E-state index contributed by atoms with van der Waals surface area (Å²) in [6.45, 7) is 1.40. The maximum absolute atomic E-state index is 13.7. The van der Waals surface area contributed by atoms with Crippen molar-refractivity contribution in [2.75, 3.05) is 5.32 Å². The molecule has 8 heteroatoms. The maximum atomic E-state index is 13.7. The topological polar surface area (TPSA) is 75.3 Å². The summed E-state index contributed by atoms with van der Waals surface area (Å²) in [7, 11) is -4.16. The van der Waals surface area contributed by atoms with Crippen LogP contribution in [0.3, 0.4) is 0 Å². The summed E-state index contributed by atoms with van der Waals surface area (Å²) in [5.41, 5.74) is 2.51. The summed E-state index contributed by atoms with van der Waals surface area (Å²) in [5, 5.41) is 6.63. The van der Waals surface area contributed by atoms with Gasteiger partial charge in [0.05, 0.1) is 6.04 Å². The molecule has 3 aromatic rings. The third-order valence-corrected chi connectivity index (χ3v) is 6.09. The molecule has 1 atom stereocenters. The van der Waals surface area contributed by atoms with Gasteiger partial charge in [0.25, 0.3) is 0 Å². The first-order valence-corrected chi connectivity index (χ1v) is 10.5. The minimum atomic E-state index is -4.16. The quantitative estimate of drug-likeness (QED) is 0.655. The summed E-state index contributed by atoms with van der Waals surface area (Å²) < 4.78 is 40.5. The van der Waals surface area contributed by atoms with Crippen LogP contribution in [0.5, 0.6) is 0 Å². The number of anilines is 1. The number of benzene rings is 2. The molecule has 27 heavy (non-hydrogen) atoms. The Balaban J connectivity index is 1.71. The van der Waals surface area contributed by atoms with Gasteiger partial charge in [-0.15, -0.1) is 0 Å². The van der Waals surface area contributed by atoms with E-state index in [0.29, 0.717) is 5.69 Å². The molecule has 0 spiro atoms. The van der Waals surface area contributed by atoms with Crippen molar-refractivity contribution >= 4 is 33.0 Å². The van der Waals surface area contributed by atoms with E-state index in [0.717, 1.165) is 23.3 Å². The molecule has 5 nitrogen and oxygen atoms in total. The number of rotatable bonds is 6. The Labute approximate surface area is 160 Å². The van der Waals surface area contributed by atoms with Crippen molar-refractivity contribution < 1.29 is 17.6 Å². The van der Waals surface area contributed by atoms with Crippen molar-refractivity contribution in [1.82, 2.24) is 4.72 Å². The van der Waals surface area contributed by atoms with Crippen molar-refractivity contribution in [3.8, 4) is 11.1 Å². The van der Waals surface area contributed by atoms with Crippen LogP contribution in [0.1, 0.15) is 6.92 Å². The minimum absolute atomic E-state index is 0.496. The molecule has 140 valence electrons. The van der Waals surface area contributed by atoms with E-state index in [4.69, 9.17) is 0 Å². The number of sulfonamides is 1. The van der Waals surface area contributed by atoms with Crippen molar-refractivity contribution in [3.63, 3.8) is 0 Å². The molecule has 3 rings (SSSR count). The van der Waals surface area contributed by atoms with Crippen molar-refractivity contribution in [1.29, 1.82) is 0 Å². The van der Waals surface area contributed by atoms with Gasteiger partial charge in [-0.3, -0.25) is 4.79 Å². The number of nitrogens with one attached hydrogen (secondary N) is 2. The van der Waals surface area contributed by atoms with E-state index in [1.54, 1.807) is 29.5 Å². The van der Waals surface area contributed by atoms with Gasteiger partial charge in [-0.1, -0.05) is 24.3 Å². The first-order chi connectivity index (χ1) is 12.9. The first-order valence-electron chi connectivity index (χ1n) is 8.07. The third kappa shape index (κ3) is 4.60. The molecule has 0 aliphatic heterocycles. The highest BCUT2D eigenvalue weighted by molar-refractivity contribution is 7.89. The van der Waals surface area contributed by atoms with E-state index >= 15 is 0 Å². The molecular formula is C19H17FN2O3S2. The summed E-state index contributed by atoms with van der Waals surface area (Å²) >= 11 is 1.57. The monoisotopic (exact) mass is 404 g/mol. The van der Waals surface area contributed by atoms with Gasteiger partial charge in [-0.2, -0.15) is 16.1 Å². The Bertz CT molecular complexity index is 1050. The van der Waals surface area contributed by atoms with Gasteiger partial charge in [0, 0.05) is 5.69 Å². The Morgan fingerprint density at radius 2 is 1.85 bits per heavy atom. The lowest BCUT2D eigenvalue weighted by Crippen LogP contribution is -2.41. The number of amides is 1. The zero-order chi connectivity index (χ0) is 19.4. The molecule has 0 aliphatic rings. The molecule has 0 aliphatic carbocycles. The lowest BCUT2D eigenvalue weighted by molar-refractivity contribution is -0.117. The SMILES string of the molecule is C[C@H](NS(=O)(=O)c1ccccc1F)C(=O)Nc1cccc(-c2ccsc2)c1. The second kappa shape index (κ2) is 7.99. The van der Waals surface area contributed by atoms with Gasteiger partial charge < -0.3 is 5.32 Å². The molecule has 0 saturated carbocycles. The van der Waals surface area contributed by atoms with E-state index in [2.05, 4.69) is 10.0 Å². The highest BCUT2D eigenvalue weighted by atomic mass is 32.2. The van der Waals surface area contributed by atoms with Crippen LogP contribution in [0.25, 0.3) is 11.1 Å². The summed E-state index contributed by atoms with van der Waals surface area (Å²) in [6, 6.07) is 13.1. The summed E-state index contributed by atoms with van der Waals surface area (Å²) in [4.78, 5) is 11.9. The van der Waals surface area contributed by atoms with E-state index in [-0.39, 0.29) is 0 Å². The smallest absolute Gasteiger partial charge is 0.244 e. The number of carbonyl (C=O) groups is 1. The standard InChI is InChI=1S/C19H17FN2O3S2/c1-13(22-27(24,25)18-8-3-2-7-17(18)20)19(23)21-16-6-4-5-14(11-16)15-9-10-26-12-15/h2-13,22H,1H3,(H,21,23)/t13-/m0/s1. The molecule has 1 aromatic heterocycles. The molecule has 1 amide bonds. The van der Waals surface area contributed by atoms with Gasteiger partial charge in [-0.25, -0.2) is 12.8 Å². The Morgan fingerprint density at radius 3 is 2.56 bits per heavy atom. The number of carbonyl (C=O) groups excluding carboxylic acids is 1. The highest BCUT2D eigenvalue weighted by Gasteiger charge is 2.24. The fourth-order valence-electron chi connectivity index (χ4n) is 2.47. The largest absolute Gasteiger partial charge is 0.325 e. The van der Waals surface area contributed by atoms with Crippen LogP contribution in [0.2, 0.25) is 0 Å². The zero-order valence-electron chi connectivity index (χ0n) is 14.3. The van der Waals surface area contributed by atoms with Crippen molar-refractivity contribution in [2.45, 2.75) is 17.9 Å². The maximum Gasteiger partial charge on any atom is 0.244 e. The normalized spacial score (nSPS) is 12.5. The number of hydrogen-bond donors (Lipinski definition) is 2. The van der Waals surface area contributed by atoms with Gasteiger partial charge in [0.2, 0.25) is 15.9 Å². The van der Waals surface area contributed by atoms with Crippen LogP contribution in [-0.4, -0.2) is 20.4 Å². The number of thiophene rings is 1. The van der Waals surface area contributed by atoms with Gasteiger partial charge in [0.1, 0.15) is 10.7 Å². The molecule has 2 aromatic carbocycles. The molecular weight excluding hydrogens is 387 g/mol. The zero-order valence-corrected chi connectivity index (χ0v) is 16.0. The summed E-state index contributed by atoms with van der Waals surface area (Å²) in [5.74, 6) is -1.42. The predicted molar refractivity (Wildman–Crippen MR) is 105 cm³/mol. The molecule has 0 radical (unpaired) electrons. The fourth-order valence-corrected chi connectivity index (χ4v) is 4.42. The van der Waals surface area contributed by atoms with Crippen LogP contribution in [-0.2, 0) is 14.8 Å². The predicted octanol–water partition coefficient (Wildman–Crippen LogP) is 3.86. The van der Waals surface area contributed by atoms with E-state index in [1.165, 1.54) is 19.1 Å². The molecule has 0 bridgehead atoms. The summed E-state index contributed by atoms with van der Waals surface area (Å²) in [6.07, 6.45) is 0. The van der Waals surface area contributed by atoms with Gasteiger partial charge in [0.15, 0.2) is 0 Å². The highest BCUT2D eigenvalue weighted by Crippen LogP contribution is 2.24. The second-order valence-electron chi connectivity index (χ2n) is 5.86. The van der Waals surface area contributed by atoms with Gasteiger partial charge >= 0.3 is 0 Å². The average Bonchev–Trinajstić information content (AvgIpc) is 3.16. The van der Waals surface area contributed by atoms with E-state index < -0.39 is 32.7 Å². The van der Waals surface area contributed by atoms with E-state index in [9.17, 15) is 17.6 Å². The van der Waals surface area contributed by atoms with Crippen molar-refractivity contribution in [2.24, 2.45) is 0 Å². The number of hydrogen-bond acceptors (Lipinski definition) is 4. The molecule has 1 heterocycles. The van der Waals surface area contributed by atoms with Crippen LogP contribution < -0.4 is 10.0 Å². The fraction of sp³-hybridized carbons (Fsp3) is 0.105. The van der Waals surface area contributed by atoms with Crippen molar-refractivity contribution in [3.05, 3.63) is 71.2 Å². The molecule has 0 unspecified atom stereocenters. The third-order valence-electron chi connectivity index (χ3n) is 3.84. The van der Waals surface area contributed by atoms with Crippen LogP contribution in [0.15, 0.2) is 70.3 Å². The lowest BCUT2D eigenvalue weighted by atomic mass is 10.1. The number of halogens is 1. The Hall–Kier alpha value is -2.55. The molecule has 0 saturated heterocycles. The van der Waals surface area contributed by atoms with Crippen LogP contribution in [0, 0.1) is 5.82 Å². The molecule has 0 fully saturated rings. The Kier molecular flexibility index (Phi) is 5.69. The van der Waals surface area contributed by atoms with Crippen LogP contribution >= 0.6 is 11.3 Å². The first kappa shape index (κ1) is 19.2.